The van der Waals surface area contributed by atoms with E-state index in [1.807, 2.05) is 37.1 Å². The molecule has 1 heterocycles. The van der Waals surface area contributed by atoms with Crippen molar-refractivity contribution in [3.8, 4) is 0 Å². The summed E-state index contributed by atoms with van der Waals surface area (Å²) >= 11 is 3.48. The molecule has 1 fully saturated rings. The van der Waals surface area contributed by atoms with Crippen LogP contribution in [-0.2, 0) is 0 Å². The highest BCUT2D eigenvalue weighted by molar-refractivity contribution is 9.10. The van der Waals surface area contributed by atoms with Gasteiger partial charge in [0.2, 0.25) is 0 Å². The number of piperidine rings is 1. The molecule has 1 aromatic carbocycles. The predicted molar refractivity (Wildman–Crippen MR) is 76.9 cm³/mol. The fourth-order valence-corrected chi connectivity index (χ4v) is 2.73. The van der Waals surface area contributed by atoms with Crippen LogP contribution in [0.5, 0.6) is 0 Å². The first-order valence-corrected chi connectivity index (χ1v) is 7.13. The minimum Gasteiger partial charge on any atom is -0.337 e. The minimum atomic E-state index is 0.113. The number of benzene rings is 1. The van der Waals surface area contributed by atoms with Crippen LogP contribution in [0, 0.1) is 6.92 Å². The third-order valence-corrected chi connectivity index (χ3v) is 4.50. The summed E-state index contributed by atoms with van der Waals surface area (Å²) in [5.74, 6) is 0.113. The number of hydrogen-bond donors (Lipinski definition) is 1. The average molecular weight is 311 g/mol. The van der Waals surface area contributed by atoms with Gasteiger partial charge in [-0.25, -0.2) is 0 Å². The zero-order chi connectivity index (χ0) is 13.1. The van der Waals surface area contributed by atoms with Gasteiger partial charge in [0.1, 0.15) is 0 Å². The van der Waals surface area contributed by atoms with Gasteiger partial charge < -0.3 is 10.2 Å². The first-order chi connectivity index (χ1) is 8.61. The van der Waals surface area contributed by atoms with E-state index in [0.29, 0.717) is 6.04 Å². The topological polar surface area (TPSA) is 32.3 Å². The van der Waals surface area contributed by atoms with Gasteiger partial charge in [0.25, 0.3) is 5.91 Å². The molecule has 1 amide bonds. The Morgan fingerprint density at radius 2 is 2.28 bits per heavy atom. The zero-order valence-corrected chi connectivity index (χ0v) is 12.5. The van der Waals surface area contributed by atoms with Crippen LogP contribution in [0.25, 0.3) is 0 Å². The van der Waals surface area contributed by atoms with Crippen molar-refractivity contribution in [2.75, 3.05) is 20.1 Å². The molecule has 0 spiro atoms. The standard InChI is InChI=1S/C14H19BrN2O/c1-10-12(6-3-7-13(10)15)14(18)17(2)11-5-4-8-16-9-11/h3,6-7,11,16H,4-5,8-9H2,1-2H3. The van der Waals surface area contributed by atoms with E-state index in [2.05, 4.69) is 21.2 Å². The number of carbonyl (C=O) groups excluding carboxylic acids is 1. The van der Waals surface area contributed by atoms with Gasteiger partial charge >= 0.3 is 0 Å². The van der Waals surface area contributed by atoms with Gasteiger partial charge in [0.05, 0.1) is 0 Å². The fourth-order valence-electron chi connectivity index (χ4n) is 2.36. The van der Waals surface area contributed by atoms with Crippen LogP contribution in [0.1, 0.15) is 28.8 Å². The van der Waals surface area contributed by atoms with E-state index >= 15 is 0 Å². The van der Waals surface area contributed by atoms with Gasteiger partial charge in [-0.2, -0.15) is 0 Å². The number of halogens is 1. The maximum absolute atomic E-state index is 12.5. The summed E-state index contributed by atoms with van der Waals surface area (Å²) in [7, 11) is 1.90. The van der Waals surface area contributed by atoms with Crippen molar-refractivity contribution in [1.82, 2.24) is 10.2 Å². The third kappa shape index (κ3) is 2.75. The van der Waals surface area contributed by atoms with Crippen LogP contribution < -0.4 is 5.32 Å². The lowest BCUT2D eigenvalue weighted by molar-refractivity contribution is 0.0707. The van der Waals surface area contributed by atoms with Crippen LogP contribution in [0.15, 0.2) is 22.7 Å². The van der Waals surface area contributed by atoms with E-state index in [0.717, 1.165) is 41.5 Å². The maximum atomic E-state index is 12.5. The number of carbonyl (C=O) groups is 1. The Morgan fingerprint density at radius 3 is 2.94 bits per heavy atom. The van der Waals surface area contributed by atoms with E-state index in [1.165, 1.54) is 0 Å². The van der Waals surface area contributed by atoms with Crippen LogP contribution in [0.2, 0.25) is 0 Å². The highest BCUT2D eigenvalue weighted by Gasteiger charge is 2.23. The van der Waals surface area contributed by atoms with Crippen LogP contribution >= 0.6 is 15.9 Å². The molecule has 1 unspecified atom stereocenters. The van der Waals surface area contributed by atoms with Gasteiger partial charge in [0.15, 0.2) is 0 Å². The molecule has 4 heteroatoms. The van der Waals surface area contributed by atoms with Crippen molar-refractivity contribution in [3.05, 3.63) is 33.8 Å². The van der Waals surface area contributed by atoms with Gasteiger partial charge in [0, 0.05) is 29.7 Å². The fraction of sp³-hybridized carbons (Fsp3) is 0.500. The van der Waals surface area contributed by atoms with Gasteiger partial charge in [-0.3, -0.25) is 4.79 Å². The Bertz CT molecular complexity index is 441. The van der Waals surface area contributed by atoms with Crippen LogP contribution in [-0.4, -0.2) is 37.0 Å². The predicted octanol–water partition coefficient (Wildman–Crippen LogP) is 2.58. The van der Waals surface area contributed by atoms with Crippen molar-refractivity contribution in [1.29, 1.82) is 0 Å². The monoisotopic (exact) mass is 310 g/mol. The molecule has 2 rings (SSSR count). The molecule has 1 N–H and O–H groups in total. The lowest BCUT2D eigenvalue weighted by Crippen LogP contribution is -2.46. The number of rotatable bonds is 2. The molecule has 1 aromatic rings. The van der Waals surface area contributed by atoms with Crippen molar-refractivity contribution in [3.63, 3.8) is 0 Å². The van der Waals surface area contributed by atoms with Crippen LogP contribution in [0.3, 0.4) is 0 Å². The number of hydrogen-bond acceptors (Lipinski definition) is 2. The molecule has 1 saturated heterocycles. The highest BCUT2D eigenvalue weighted by Crippen LogP contribution is 2.21. The van der Waals surface area contributed by atoms with Crippen LogP contribution in [0.4, 0.5) is 0 Å². The summed E-state index contributed by atoms with van der Waals surface area (Å²) in [6.45, 7) is 3.94. The Balaban J connectivity index is 2.17. The normalized spacial score (nSPS) is 19.6. The molecule has 0 radical (unpaired) electrons. The highest BCUT2D eigenvalue weighted by atomic mass is 79.9. The maximum Gasteiger partial charge on any atom is 0.254 e. The number of nitrogens with one attached hydrogen (secondary N) is 1. The summed E-state index contributed by atoms with van der Waals surface area (Å²) in [5, 5.41) is 3.34. The summed E-state index contributed by atoms with van der Waals surface area (Å²) in [6.07, 6.45) is 2.22. The molecule has 18 heavy (non-hydrogen) atoms. The third-order valence-electron chi connectivity index (χ3n) is 3.64. The molecule has 1 atom stereocenters. The van der Waals surface area contributed by atoms with E-state index in [9.17, 15) is 4.79 Å². The molecule has 0 bridgehead atoms. The number of nitrogens with zero attached hydrogens (tertiary/aromatic N) is 1. The lowest BCUT2D eigenvalue weighted by Gasteiger charge is -2.32. The first kappa shape index (κ1) is 13.6. The molecular weight excluding hydrogens is 292 g/mol. The van der Waals surface area contributed by atoms with Crippen molar-refractivity contribution in [2.45, 2.75) is 25.8 Å². The quantitative estimate of drug-likeness (QED) is 0.910. The van der Waals surface area contributed by atoms with Crippen molar-refractivity contribution >= 4 is 21.8 Å². The molecule has 0 aliphatic carbocycles. The van der Waals surface area contributed by atoms with Gasteiger partial charge in [-0.15, -0.1) is 0 Å². The van der Waals surface area contributed by atoms with E-state index in [1.54, 1.807) is 0 Å². The Labute approximate surface area is 117 Å². The second-order valence-corrected chi connectivity index (χ2v) is 5.68. The summed E-state index contributed by atoms with van der Waals surface area (Å²) in [5.41, 5.74) is 1.80. The Morgan fingerprint density at radius 1 is 1.50 bits per heavy atom. The SMILES string of the molecule is Cc1c(Br)cccc1C(=O)N(C)C1CCCNC1. The van der Waals surface area contributed by atoms with Gasteiger partial charge in [-0.1, -0.05) is 22.0 Å². The largest absolute Gasteiger partial charge is 0.337 e. The Kier molecular flexibility index (Phi) is 4.40. The zero-order valence-electron chi connectivity index (χ0n) is 10.9. The van der Waals surface area contributed by atoms with E-state index in [4.69, 9.17) is 0 Å². The summed E-state index contributed by atoms with van der Waals surface area (Å²) < 4.78 is 0.989. The molecule has 3 nitrogen and oxygen atoms in total. The average Bonchev–Trinajstić information content (AvgIpc) is 2.41. The second-order valence-electron chi connectivity index (χ2n) is 4.83. The number of amides is 1. The lowest BCUT2D eigenvalue weighted by atomic mass is 10.0. The molecule has 98 valence electrons. The smallest absolute Gasteiger partial charge is 0.254 e. The summed E-state index contributed by atoms with van der Waals surface area (Å²) in [4.78, 5) is 14.4. The molecule has 0 aromatic heterocycles. The Hall–Kier alpha value is -0.870. The number of likely N-dealkylation sites (N-methyl/N-ethyl adjacent to an activating group) is 1. The minimum absolute atomic E-state index is 0.113. The van der Waals surface area contributed by atoms with Crippen molar-refractivity contribution < 1.29 is 4.79 Å². The van der Waals surface area contributed by atoms with E-state index < -0.39 is 0 Å². The van der Waals surface area contributed by atoms with Gasteiger partial charge in [-0.05, 0) is 44.0 Å². The van der Waals surface area contributed by atoms with E-state index in [-0.39, 0.29) is 5.91 Å². The summed E-state index contributed by atoms with van der Waals surface area (Å²) in [6, 6.07) is 6.09. The van der Waals surface area contributed by atoms with Crippen molar-refractivity contribution in [2.24, 2.45) is 0 Å². The first-order valence-electron chi connectivity index (χ1n) is 6.34. The molecule has 1 aliphatic heterocycles. The molecule has 1 aliphatic rings. The molecular formula is C14H19BrN2O. The molecule has 0 saturated carbocycles. The second kappa shape index (κ2) is 5.85.